The van der Waals surface area contributed by atoms with E-state index in [9.17, 15) is 0 Å². The summed E-state index contributed by atoms with van der Waals surface area (Å²) in [6, 6.07) is 5.82. The topological polar surface area (TPSA) is 60.2 Å². The van der Waals surface area contributed by atoms with Gasteiger partial charge in [-0.1, -0.05) is 13.0 Å². The van der Waals surface area contributed by atoms with E-state index in [-0.39, 0.29) is 0 Å². The summed E-state index contributed by atoms with van der Waals surface area (Å²) in [5.74, 6) is 0.750. The van der Waals surface area contributed by atoms with Crippen LogP contribution in [0.2, 0.25) is 0 Å². The summed E-state index contributed by atoms with van der Waals surface area (Å²) in [7, 11) is 0. The summed E-state index contributed by atoms with van der Waals surface area (Å²) >= 11 is 1.62. The molecular weight excluding hydrogens is 258 g/mol. The molecule has 0 spiro atoms. The first kappa shape index (κ1) is 13.7. The molecule has 0 unspecified atom stereocenters. The van der Waals surface area contributed by atoms with E-state index in [2.05, 4.69) is 22.6 Å². The highest BCUT2D eigenvalue weighted by Crippen LogP contribution is 2.29. The number of hydrogen-bond donors (Lipinski definition) is 2. The number of benzene rings is 1. The third-order valence-corrected chi connectivity index (χ3v) is 3.34. The molecule has 4 nitrogen and oxygen atoms in total. The van der Waals surface area contributed by atoms with Crippen LogP contribution in [-0.4, -0.2) is 18.1 Å². The van der Waals surface area contributed by atoms with Gasteiger partial charge in [-0.15, -0.1) is 11.3 Å². The number of nitrogens with two attached hydrogens (primary N) is 1. The van der Waals surface area contributed by atoms with Gasteiger partial charge in [0.05, 0.1) is 29.2 Å². The second-order valence-corrected chi connectivity index (χ2v) is 4.94. The Morgan fingerprint density at radius 1 is 1.42 bits per heavy atom. The first-order valence-electron chi connectivity index (χ1n) is 6.43. The van der Waals surface area contributed by atoms with Crippen LogP contribution < -0.4 is 15.8 Å². The van der Waals surface area contributed by atoms with Crippen molar-refractivity contribution in [3.8, 4) is 5.75 Å². The quantitative estimate of drug-likeness (QED) is 0.763. The van der Waals surface area contributed by atoms with Crippen molar-refractivity contribution in [1.82, 2.24) is 4.98 Å². The molecule has 1 heterocycles. The smallest absolute Gasteiger partial charge is 0.144 e. The maximum absolute atomic E-state index is 6.08. The molecule has 0 bridgehead atoms. The minimum atomic E-state index is 0.675. The lowest BCUT2D eigenvalue weighted by Gasteiger charge is -2.13. The number of rotatable bonds is 7. The van der Waals surface area contributed by atoms with Crippen molar-refractivity contribution in [2.75, 3.05) is 24.2 Å². The Morgan fingerprint density at radius 3 is 3.05 bits per heavy atom. The van der Waals surface area contributed by atoms with E-state index in [0.717, 1.165) is 36.5 Å². The zero-order valence-electron chi connectivity index (χ0n) is 11.1. The van der Waals surface area contributed by atoms with Crippen LogP contribution in [0.15, 0.2) is 29.1 Å². The highest BCUT2D eigenvalue weighted by molar-refractivity contribution is 7.07. The second-order valence-electron chi connectivity index (χ2n) is 4.22. The minimum absolute atomic E-state index is 0.675. The predicted molar refractivity (Wildman–Crippen MR) is 80.9 cm³/mol. The number of nitrogen functional groups attached to an aromatic ring is 1. The monoisotopic (exact) mass is 277 g/mol. The molecule has 1 aromatic carbocycles. The molecule has 0 aliphatic heterocycles. The number of aromatic nitrogens is 1. The van der Waals surface area contributed by atoms with E-state index in [1.165, 1.54) is 0 Å². The largest absolute Gasteiger partial charge is 0.491 e. The molecule has 3 N–H and O–H groups in total. The predicted octanol–water partition coefficient (Wildman–Crippen LogP) is 3.17. The first-order chi connectivity index (χ1) is 9.31. The Balaban J connectivity index is 1.92. The van der Waals surface area contributed by atoms with Gasteiger partial charge < -0.3 is 15.8 Å². The Hall–Kier alpha value is -1.75. The number of thiazole rings is 1. The van der Waals surface area contributed by atoms with Crippen molar-refractivity contribution >= 4 is 22.7 Å². The van der Waals surface area contributed by atoms with Crippen LogP contribution in [0.1, 0.15) is 19.0 Å². The molecule has 1 aromatic heterocycles. The summed E-state index contributed by atoms with van der Waals surface area (Å²) < 4.78 is 5.60. The highest BCUT2D eigenvalue weighted by Gasteiger charge is 2.05. The van der Waals surface area contributed by atoms with Gasteiger partial charge in [-0.05, 0) is 18.6 Å². The van der Waals surface area contributed by atoms with E-state index in [1.54, 1.807) is 11.3 Å². The van der Waals surface area contributed by atoms with Crippen molar-refractivity contribution in [3.05, 3.63) is 34.8 Å². The molecule has 2 rings (SSSR count). The van der Waals surface area contributed by atoms with Crippen LogP contribution in [0.5, 0.6) is 5.75 Å². The first-order valence-corrected chi connectivity index (χ1v) is 7.37. The zero-order chi connectivity index (χ0) is 13.5. The molecule has 19 heavy (non-hydrogen) atoms. The number of anilines is 2. The molecule has 0 fully saturated rings. The molecule has 0 amide bonds. The van der Waals surface area contributed by atoms with Gasteiger partial charge in [-0.2, -0.15) is 0 Å². The normalized spacial score (nSPS) is 10.4. The third-order valence-electron chi connectivity index (χ3n) is 2.71. The Bertz CT molecular complexity index is 499. The van der Waals surface area contributed by atoms with Crippen molar-refractivity contribution in [3.63, 3.8) is 0 Å². The minimum Gasteiger partial charge on any atom is -0.491 e. The van der Waals surface area contributed by atoms with Gasteiger partial charge in [0.25, 0.3) is 0 Å². The van der Waals surface area contributed by atoms with Crippen molar-refractivity contribution in [2.24, 2.45) is 0 Å². The summed E-state index contributed by atoms with van der Waals surface area (Å²) in [4.78, 5) is 4.25. The number of nitrogens with zero attached hydrogens (tertiary/aromatic N) is 1. The van der Waals surface area contributed by atoms with Crippen LogP contribution in [0.3, 0.4) is 0 Å². The summed E-state index contributed by atoms with van der Waals surface area (Å²) in [5.41, 5.74) is 10.6. The molecule has 0 saturated carbocycles. The SMILES string of the molecule is CCCOc1cccc(NCCc2cscn2)c1N. The fraction of sp³-hybridized carbons (Fsp3) is 0.357. The van der Waals surface area contributed by atoms with E-state index >= 15 is 0 Å². The summed E-state index contributed by atoms with van der Waals surface area (Å²) in [5, 5.41) is 5.39. The van der Waals surface area contributed by atoms with Crippen molar-refractivity contribution in [2.45, 2.75) is 19.8 Å². The van der Waals surface area contributed by atoms with Gasteiger partial charge in [0.1, 0.15) is 5.75 Å². The van der Waals surface area contributed by atoms with Gasteiger partial charge in [-0.3, -0.25) is 0 Å². The van der Waals surface area contributed by atoms with E-state index in [4.69, 9.17) is 10.5 Å². The maximum atomic E-state index is 6.08. The highest BCUT2D eigenvalue weighted by atomic mass is 32.1. The lowest BCUT2D eigenvalue weighted by Crippen LogP contribution is -2.08. The third kappa shape index (κ3) is 3.86. The average molecular weight is 277 g/mol. The van der Waals surface area contributed by atoms with Crippen LogP contribution >= 0.6 is 11.3 Å². The molecule has 0 atom stereocenters. The van der Waals surface area contributed by atoms with E-state index in [1.807, 2.05) is 23.7 Å². The second kappa shape index (κ2) is 6.99. The number of nitrogens with one attached hydrogen (secondary N) is 1. The van der Waals surface area contributed by atoms with Crippen LogP contribution in [0.4, 0.5) is 11.4 Å². The Morgan fingerprint density at radius 2 is 2.32 bits per heavy atom. The summed E-state index contributed by atoms with van der Waals surface area (Å²) in [6.45, 7) is 3.57. The molecule has 0 radical (unpaired) electrons. The van der Waals surface area contributed by atoms with E-state index in [0.29, 0.717) is 12.3 Å². The van der Waals surface area contributed by atoms with Crippen LogP contribution in [0, 0.1) is 0 Å². The fourth-order valence-electron chi connectivity index (χ4n) is 1.72. The number of ether oxygens (including phenoxy) is 1. The van der Waals surface area contributed by atoms with Gasteiger partial charge in [-0.25, -0.2) is 4.98 Å². The Labute approximate surface area is 117 Å². The van der Waals surface area contributed by atoms with Gasteiger partial charge in [0.15, 0.2) is 0 Å². The number of para-hydroxylation sites is 1. The maximum Gasteiger partial charge on any atom is 0.144 e. The van der Waals surface area contributed by atoms with Gasteiger partial charge in [0.2, 0.25) is 0 Å². The summed E-state index contributed by atoms with van der Waals surface area (Å²) in [6.07, 6.45) is 1.86. The molecule has 5 heteroatoms. The van der Waals surface area contributed by atoms with Crippen molar-refractivity contribution < 1.29 is 4.74 Å². The lowest BCUT2D eigenvalue weighted by atomic mass is 10.2. The fourth-order valence-corrected chi connectivity index (χ4v) is 2.32. The van der Waals surface area contributed by atoms with Crippen molar-refractivity contribution in [1.29, 1.82) is 0 Å². The lowest BCUT2D eigenvalue weighted by molar-refractivity contribution is 0.319. The van der Waals surface area contributed by atoms with Crippen LogP contribution in [0.25, 0.3) is 0 Å². The van der Waals surface area contributed by atoms with Gasteiger partial charge >= 0.3 is 0 Å². The molecule has 102 valence electrons. The molecular formula is C14H19N3OS. The van der Waals surface area contributed by atoms with Crippen LogP contribution in [-0.2, 0) is 6.42 Å². The van der Waals surface area contributed by atoms with E-state index < -0.39 is 0 Å². The molecule has 0 aliphatic carbocycles. The molecule has 0 aliphatic rings. The number of hydrogen-bond acceptors (Lipinski definition) is 5. The Kier molecular flexibility index (Phi) is 5.03. The average Bonchev–Trinajstić information content (AvgIpc) is 2.92. The zero-order valence-corrected chi connectivity index (χ0v) is 11.9. The molecule has 0 saturated heterocycles. The standard InChI is InChI=1S/C14H19N3OS/c1-2-8-18-13-5-3-4-12(14(13)15)16-7-6-11-9-19-10-17-11/h3-5,9-10,16H,2,6-8,15H2,1H3. The van der Waals surface area contributed by atoms with Gasteiger partial charge in [0, 0.05) is 18.3 Å². The molecule has 2 aromatic rings.